The Kier molecular flexibility index (Phi) is 9.52. The van der Waals surface area contributed by atoms with Crippen LogP contribution in [0.2, 0.25) is 0 Å². The number of carbonyl (C=O) groups excluding carboxylic acids is 3. The average Bonchev–Trinajstić information content (AvgIpc) is 2.96. The van der Waals surface area contributed by atoms with Crippen molar-refractivity contribution in [1.82, 2.24) is 19.8 Å². The van der Waals surface area contributed by atoms with Crippen LogP contribution in [0.1, 0.15) is 52.6 Å². The molecule has 3 heterocycles. The number of carbonyl (C=O) groups is 3. The molecule has 10 nitrogen and oxygen atoms in total. The fourth-order valence-electron chi connectivity index (χ4n) is 4.39. The minimum atomic E-state index is -4.76. The zero-order valence-corrected chi connectivity index (χ0v) is 24.1. The van der Waals surface area contributed by atoms with Crippen molar-refractivity contribution < 1.29 is 32.3 Å². The number of alkyl halides is 3. The second kappa shape index (κ2) is 13.1. The highest BCUT2D eigenvalue weighted by Gasteiger charge is 2.34. The summed E-state index contributed by atoms with van der Waals surface area (Å²) < 4.78 is 46.8. The van der Waals surface area contributed by atoms with Crippen LogP contribution in [0.3, 0.4) is 0 Å². The number of anilines is 2. The number of halogens is 3. The number of hydrogen-bond donors (Lipinski definition) is 2. The van der Waals surface area contributed by atoms with E-state index in [0.717, 1.165) is 17.7 Å². The van der Waals surface area contributed by atoms with E-state index in [1.54, 1.807) is 39.2 Å². The Morgan fingerprint density at radius 1 is 0.930 bits per heavy atom. The van der Waals surface area contributed by atoms with Crippen LogP contribution in [0.25, 0.3) is 0 Å². The summed E-state index contributed by atoms with van der Waals surface area (Å²) in [5.41, 5.74) is -1.05. The summed E-state index contributed by atoms with van der Waals surface area (Å²) >= 11 is 0. The van der Waals surface area contributed by atoms with Crippen LogP contribution in [0.4, 0.5) is 29.5 Å². The van der Waals surface area contributed by atoms with Crippen LogP contribution < -0.4 is 10.6 Å². The molecule has 2 N–H and O–H groups in total. The highest BCUT2D eigenvalue weighted by atomic mass is 19.4. The summed E-state index contributed by atoms with van der Waals surface area (Å²) in [6.07, 6.45) is 0.185. The molecule has 0 saturated carbocycles. The topological polar surface area (TPSA) is 117 Å². The number of pyridine rings is 2. The van der Waals surface area contributed by atoms with Crippen molar-refractivity contribution in [3.05, 3.63) is 83.3 Å². The Morgan fingerprint density at radius 2 is 1.60 bits per heavy atom. The normalized spacial score (nSPS) is 13.8. The molecule has 1 saturated heterocycles. The molecule has 1 aliphatic rings. The standard InChI is InChI=1S/C30H33F3N6O4/c1-29(2,3)43-28(42)39-15-13-38(14-16-39)27(41)21-17-22(30(31,32)33)19-23(18-21)37-26(40)24-5-4-9-35-25(24)36-12-8-20-6-10-34-11-7-20/h4-7,9-11,17-19H,8,12-16H2,1-3H3,(H,35,36)(H,37,40). The van der Waals surface area contributed by atoms with Gasteiger partial charge < -0.3 is 25.2 Å². The molecule has 13 heteroatoms. The van der Waals surface area contributed by atoms with E-state index in [4.69, 9.17) is 4.74 Å². The number of nitrogens with one attached hydrogen (secondary N) is 2. The van der Waals surface area contributed by atoms with E-state index in [9.17, 15) is 27.6 Å². The van der Waals surface area contributed by atoms with Gasteiger partial charge in [0, 0.05) is 62.6 Å². The first kappa shape index (κ1) is 31.3. The first-order chi connectivity index (χ1) is 20.3. The minimum absolute atomic E-state index is 0.111. The summed E-state index contributed by atoms with van der Waals surface area (Å²) in [6, 6.07) is 9.52. The fraction of sp³-hybridized carbons (Fsp3) is 0.367. The average molecular weight is 599 g/mol. The molecule has 0 spiro atoms. The number of hydrogen-bond acceptors (Lipinski definition) is 7. The number of nitrogens with zero attached hydrogens (tertiary/aromatic N) is 4. The molecule has 2 aromatic heterocycles. The van der Waals surface area contributed by atoms with Crippen LogP contribution >= 0.6 is 0 Å². The third kappa shape index (κ3) is 8.66. The molecule has 1 aliphatic heterocycles. The summed E-state index contributed by atoms with van der Waals surface area (Å²) in [4.78, 5) is 49.8. The quantitative estimate of drug-likeness (QED) is 0.389. The van der Waals surface area contributed by atoms with Gasteiger partial charge in [-0.05, 0) is 75.2 Å². The molecule has 0 radical (unpaired) electrons. The maximum Gasteiger partial charge on any atom is 0.416 e. The van der Waals surface area contributed by atoms with Gasteiger partial charge in [0.05, 0.1) is 11.1 Å². The van der Waals surface area contributed by atoms with Crippen molar-refractivity contribution in [2.45, 2.75) is 39.0 Å². The van der Waals surface area contributed by atoms with Gasteiger partial charge in [-0.15, -0.1) is 0 Å². The molecule has 0 bridgehead atoms. The second-order valence-corrected chi connectivity index (χ2v) is 10.9. The van der Waals surface area contributed by atoms with Crippen LogP contribution in [-0.2, 0) is 17.3 Å². The Bertz CT molecular complexity index is 1450. The maximum atomic E-state index is 13.8. The van der Waals surface area contributed by atoms with Gasteiger partial charge >= 0.3 is 12.3 Å². The number of benzene rings is 1. The molecule has 3 aromatic rings. The summed E-state index contributed by atoms with van der Waals surface area (Å²) in [5.74, 6) is -1.08. The SMILES string of the molecule is CC(C)(C)OC(=O)N1CCN(C(=O)c2cc(NC(=O)c3cccnc3NCCc3ccncc3)cc(C(F)(F)F)c2)CC1. The van der Waals surface area contributed by atoms with Gasteiger partial charge in [0.15, 0.2) is 0 Å². The minimum Gasteiger partial charge on any atom is -0.444 e. The van der Waals surface area contributed by atoms with Crippen LogP contribution in [0.5, 0.6) is 0 Å². The smallest absolute Gasteiger partial charge is 0.416 e. The molecule has 1 fully saturated rings. The molecule has 0 unspecified atom stereocenters. The first-order valence-electron chi connectivity index (χ1n) is 13.7. The van der Waals surface area contributed by atoms with E-state index in [-0.39, 0.29) is 48.8 Å². The highest BCUT2D eigenvalue weighted by Crippen LogP contribution is 2.33. The number of aromatic nitrogens is 2. The summed E-state index contributed by atoms with van der Waals surface area (Å²) in [6.45, 7) is 6.23. The molecule has 0 atom stereocenters. The molecular formula is C30H33F3N6O4. The van der Waals surface area contributed by atoms with E-state index in [1.807, 2.05) is 12.1 Å². The predicted octanol–water partition coefficient (Wildman–Crippen LogP) is 5.10. The monoisotopic (exact) mass is 598 g/mol. The van der Waals surface area contributed by atoms with E-state index < -0.39 is 35.2 Å². The zero-order chi connectivity index (χ0) is 31.2. The Morgan fingerprint density at radius 3 is 2.26 bits per heavy atom. The molecule has 4 rings (SSSR count). The van der Waals surface area contributed by atoms with Crippen molar-refractivity contribution in [1.29, 1.82) is 0 Å². The largest absolute Gasteiger partial charge is 0.444 e. The fourth-order valence-corrected chi connectivity index (χ4v) is 4.39. The lowest BCUT2D eigenvalue weighted by Crippen LogP contribution is -2.51. The van der Waals surface area contributed by atoms with E-state index >= 15 is 0 Å². The van der Waals surface area contributed by atoms with E-state index in [1.165, 1.54) is 28.1 Å². The molecule has 0 aliphatic carbocycles. The van der Waals surface area contributed by atoms with Crippen molar-refractivity contribution >= 4 is 29.4 Å². The van der Waals surface area contributed by atoms with Crippen molar-refractivity contribution in [2.75, 3.05) is 43.4 Å². The van der Waals surface area contributed by atoms with Gasteiger partial charge in [-0.2, -0.15) is 13.2 Å². The number of amides is 3. The Labute approximate surface area is 247 Å². The second-order valence-electron chi connectivity index (χ2n) is 10.9. The molecule has 43 heavy (non-hydrogen) atoms. The van der Waals surface area contributed by atoms with Crippen molar-refractivity contribution in [3.63, 3.8) is 0 Å². The maximum absolute atomic E-state index is 13.8. The van der Waals surface area contributed by atoms with Gasteiger partial charge in [-0.25, -0.2) is 9.78 Å². The molecule has 1 aromatic carbocycles. The lowest BCUT2D eigenvalue weighted by atomic mass is 10.1. The van der Waals surface area contributed by atoms with Gasteiger partial charge in [0.25, 0.3) is 11.8 Å². The zero-order valence-electron chi connectivity index (χ0n) is 24.1. The highest BCUT2D eigenvalue weighted by molar-refractivity contribution is 6.08. The number of rotatable bonds is 7. The van der Waals surface area contributed by atoms with Crippen molar-refractivity contribution in [2.24, 2.45) is 0 Å². The van der Waals surface area contributed by atoms with Gasteiger partial charge in [0.2, 0.25) is 0 Å². The van der Waals surface area contributed by atoms with Gasteiger partial charge in [0.1, 0.15) is 11.4 Å². The summed E-state index contributed by atoms with van der Waals surface area (Å²) in [5, 5.41) is 5.58. The van der Waals surface area contributed by atoms with Gasteiger partial charge in [-0.1, -0.05) is 0 Å². The summed E-state index contributed by atoms with van der Waals surface area (Å²) in [7, 11) is 0. The third-order valence-electron chi connectivity index (χ3n) is 6.49. The van der Waals surface area contributed by atoms with Crippen LogP contribution in [0.15, 0.2) is 61.1 Å². The van der Waals surface area contributed by atoms with Crippen molar-refractivity contribution in [3.8, 4) is 0 Å². The molecule has 228 valence electrons. The number of piperazine rings is 1. The van der Waals surface area contributed by atoms with E-state index in [2.05, 4.69) is 20.6 Å². The van der Waals surface area contributed by atoms with Gasteiger partial charge in [-0.3, -0.25) is 14.6 Å². The Hall–Kier alpha value is -4.68. The lowest BCUT2D eigenvalue weighted by Gasteiger charge is -2.35. The lowest BCUT2D eigenvalue weighted by molar-refractivity contribution is -0.137. The molecule has 3 amide bonds. The van der Waals surface area contributed by atoms with Crippen LogP contribution in [0, 0.1) is 0 Å². The first-order valence-corrected chi connectivity index (χ1v) is 13.7. The molecular weight excluding hydrogens is 565 g/mol. The number of ether oxygens (including phenoxy) is 1. The Balaban J connectivity index is 1.47. The van der Waals surface area contributed by atoms with Crippen LogP contribution in [-0.4, -0.2) is 76.0 Å². The van der Waals surface area contributed by atoms with E-state index in [0.29, 0.717) is 13.0 Å². The third-order valence-corrected chi connectivity index (χ3v) is 6.49. The predicted molar refractivity (Wildman–Crippen MR) is 154 cm³/mol.